The van der Waals surface area contributed by atoms with E-state index in [0.717, 1.165) is 17.9 Å². The Balaban J connectivity index is 1.87. The Labute approximate surface area is 133 Å². The van der Waals surface area contributed by atoms with Crippen LogP contribution in [0.5, 0.6) is 0 Å². The van der Waals surface area contributed by atoms with E-state index in [-0.39, 0.29) is 0 Å². The SMILES string of the molecule is CC1(Cl)C=CC=C(c2ccn(COCC[Si](C)(C)C)c2)N1. The number of nitrogens with one attached hydrogen (secondary N) is 1. The zero-order valence-corrected chi connectivity index (χ0v) is 15.1. The molecule has 0 amide bonds. The maximum Gasteiger partial charge on any atom is 0.128 e. The number of aromatic nitrogens is 1. The lowest BCUT2D eigenvalue weighted by molar-refractivity contribution is 0.0874. The second kappa shape index (κ2) is 6.42. The minimum Gasteiger partial charge on any atom is -0.363 e. The molecular weight excluding hydrogens is 300 g/mol. The summed E-state index contributed by atoms with van der Waals surface area (Å²) >= 11 is 6.30. The summed E-state index contributed by atoms with van der Waals surface area (Å²) in [5.74, 6) is 0. The second-order valence-corrected chi connectivity index (χ2v) is 13.3. The third kappa shape index (κ3) is 5.38. The summed E-state index contributed by atoms with van der Waals surface area (Å²) in [7, 11) is -1.01. The highest BCUT2D eigenvalue weighted by Gasteiger charge is 2.20. The van der Waals surface area contributed by atoms with Crippen molar-refractivity contribution in [2.75, 3.05) is 6.61 Å². The van der Waals surface area contributed by atoms with Crippen molar-refractivity contribution in [2.24, 2.45) is 0 Å². The maximum absolute atomic E-state index is 6.30. The molecule has 1 atom stereocenters. The minimum absolute atomic E-state index is 0.514. The van der Waals surface area contributed by atoms with Gasteiger partial charge >= 0.3 is 0 Å². The van der Waals surface area contributed by atoms with Gasteiger partial charge in [-0.2, -0.15) is 0 Å². The van der Waals surface area contributed by atoms with Crippen LogP contribution in [0.25, 0.3) is 5.70 Å². The first-order valence-electron chi connectivity index (χ1n) is 7.36. The highest BCUT2D eigenvalue weighted by molar-refractivity contribution is 6.76. The van der Waals surface area contributed by atoms with Crippen LogP contribution in [-0.2, 0) is 11.5 Å². The average Bonchev–Trinajstić information content (AvgIpc) is 2.81. The van der Waals surface area contributed by atoms with E-state index < -0.39 is 13.1 Å². The van der Waals surface area contributed by atoms with Crippen molar-refractivity contribution < 1.29 is 4.74 Å². The van der Waals surface area contributed by atoms with E-state index in [1.54, 1.807) is 0 Å². The third-order valence-corrected chi connectivity index (χ3v) is 5.27. The predicted octanol–water partition coefficient (Wildman–Crippen LogP) is 4.26. The van der Waals surface area contributed by atoms with Crippen molar-refractivity contribution >= 4 is 25.4 Å². The molecule has 1 aliphatic heterocycles. The number of hydrogen-bond donors (Lipinski definition) is 1. The minimum atomic E-state index is -1.01. The molecule has 0 bridgehead atoms. The number of hydrogen-bond acceptors (Lipinski definition) is 2. The van der Waals surface area contributed by atoms with Crippen LogP contribution in [0.15, 0.2) is 36.7 Å². The molecule has 0 aliphatic carbocycles. The Bertz CT molecular complexity index is 541. The summed E-state index contributed by atoms with van der Waals surface area (Å²) in [6, 6.07) is 3.27. The van der Waals surface area contributed by atoms with Gasteiger partial charge in [0.25, 0.3) is 0 Å². The smallest absolute Gasteiger partial charge is 0.128 e. The Kier molecular flexibility index (Phi) is 5.02. The molecule has 0 saturated heterocycles. The number of allylic oxidation sites excluding steroid dienone is 2. The molecule has 0 spiro atoms. The summed E-state index contributed by atoms with van der Waals surface area (Å²) < 4.78 is 7.82. The molecule has 21 heavy (non-hydrogen) atoms. The molecule has 0 radical (unpaired) electrons. The molecule has 5 heteroatoms. The van der Waals surface area contributed by atoms with Gasteiger partial charge in [0.2, 0.25) is 0 Å². The van der Waals surface area contributed by atoms with Crippen LogP contribution in [0.3, 0.4) is 0 Å². The monoisotopic (exact) mass is 324 g/mol. The van der Waals surface area contributed by atoms with Gasteiger partial charge in [0, 0.05) is 38.3 Å². The Hall–Kier alpha value is -0.973. The predicted molar refractivity (Wildman–Crippen MR) is 93.0 cm³/mol. The third-order valence-electron chi connectivity index (χ3n) is 3.35. The zero-order valence-electron chi connectivity index (χ0n) is 13.3. The Morgan fingerprint density at radius 2 is 2.14 bits per heavy atom. The van der Waals surface area contributed by atoms with Crippen molar-refractivity contribution in [1.29, 1.82) is 0 Å². The molecule has 0 fully saturated rings. The van der Waals surface area contributed by atoms with Crippen molar-refractivity contribution in [2.45, 2.75) is 44.3 Å². The summed E-state index contributed by atoms with van der Waals surface area (Å²) in [6.07, 6.45) is 10.1. The first-order chi connectivity index (χ1) is 9.75. The van der Waals surface area contributed by atoms with Crippen LogP contribution < -0.4 is 5.32 Å². The van der Waals surface area contributed by atoms with Gasteiger partial charge in [-0.15, -0.1) is 0 Å². The van der Waals surface area contributed by atoms with Gasteiger partial charge in [-0.25, -0.2) is 0 Å². The highest BCUT2D eigenvalue weighted by Crippen LogP contribution is 2.24. The van der Waals surface area contributed by atoms with E-state index in [9.17, 15) is 0 Å². The fourth-order valence-electron chi connectivity index (χ4n) is 2.07. The van der Waals surface area contributed by atoms with E-state index in [2.05, 4.69) is 41.8 Å². The van der Waals surface area contributed by atoms with Crippen molar-refractivity contribution in [1.82, 2.24) is 9.88 Å². The fourth-order valence-corrected chi connectivity index (χ4v) is 3.00. The molecule has 0 saturated carbocycles. The van der Waals surface area contributed by atoms with Gasteiger partial charge in [0.05, 0.1) is 0 Å². The van der Waals surface area contributed by atoms with Gasteiger partial charge in [-0.05, 0) is 31.2 Å². The van der Waals surface area contributed by atoms with Crippen molar-refractivity contribution in [3.8, 4) is 0 Å². The summed E-state index contributed by atoms with van der Waals surface area (Å²) in [4.78, 5) is -0.514. The lowest BCUT2D eigenvalue weighted by Crippen LogP contribution is -2.34. The molecule has 1 aliphatic rings. The molecular formula is C16H25ClN2OSi. The molecule has 1 N–H and O–H groups in total. The van der Waals surface area contributed by atoms with Gasteiger partial charge in [0.15, 0.2) is 0 Å². The topological polar surface area (TPSA) is 26.2 Å². The first-order valence-corrected chi connectivity index (χ1v) is 11.4. The quantitative estimate of drug-likeness (QED) is 0.366. The van der Waals surface area contributed by atoms with E-state index in [1.165, 1.54) is 6.04 Å². The summed E-state index contributed by atoms with van der Waals surface area (Å²) in [6.45, 7) is 10.5. The molecule has 116 valence electrons. The summed E-state index contributed by atoms with van der Waals surface area (Å²) in [5.41, 5.74) is 2.16. The van der Waals surface area contributed by atoms with Gasteiger partial charge in [-0.1, -0.05) is 37.3 Å². The van der Waals surface area contributed by atoms with Gasteiger partial charge < -0.3 is 14.6 Å². The first kappa shape index (κ1) is 16.4. The van der Waals surface area contributed by atoms with Crippen LogP contribution >= 0.6 is 11.6 Å². The molecule has 1 aromatic rings. The van der Waals surface area contributed by atoms with E-state index in [0.29, 0.717) is 6.73 Å². The second-order valence-electron chi connectivity index (χ2n) is 6.90. The number of halogens is 1. The van der Waals surface area contributed by atoms with E-state index in [1.807, 2.05) is 31.3 Å². The Morgan fingerprint density at radius 3 is 2.81 bits per heavy atom. The van der Waals surface area contributed by atoms with Crippen molar-refractivity contribution in [3.63, 3.8) is 0 Å². The molecule has 0 aromatic carbocycles. The number of nitrogens with zero attached hydrogens (tertiary/aromatic N) is 1. The van der Waals surface area contributed by atoms with Gasteiger partial charge in [-0.3, -0.25) is 0 Å². The van der Waals surface area contributed by atoms with E-state index in [4.69, 9.17) is 16.3 Å². The number of dihydropyridines is 1. The number of alkyl halides is 1. The van der Waals surface area contributed by atoms with Crippen molar-refractivity contribution in [3.05, 3.63) is 42.3 Å². The van der Waals surface area contributed by atoms with Crippen LogP contribution in [-0.4, -0.2) is 24.2 Å². The molecule has 2 heterocycles. The van der Waals surface area contributed by atoms with Gasteiger partial charge in [0.1, 0.15) is 11.7 Å². The Morgan fingerprint density at radius 1 is 1.38 bits per heavy atom. The molecule has 2 rings (SSSR count). The van der Waals surface area contributed by atoms with Crippen LogP contribution in [0.1, 0.15) is 12.5 Å². The molecule has 1 aromatic heterocycles. The molecule has 1 unspecified atom stereocenters. The zero-order chi connectivity index (χ0) is 15.5. The van der Waals surface area contributed by atoms with E-state index >= 15 is 0 Å². The number of ether oxygens (including phenoxy) is 1. The number of rotatable bonds is 6. The fraction of sp³-hybridized carbons (Fsp3) is 0.500. The highest BCUT2D eigenvalue weighted by atomic mass is 35.5. The largest absolute Gasteiger partial charge is 0.363 e. The normalized spacial score (nSPS) is 22.0. The van der Waals surface area contributed by atoms with Crippen LogP contribution in [0.2, 0.25) is 25.7 Å². The van der Waals surface area contributed by atoms with Crippen LogP contribution in [0.4, 0.5) is 0 Å². The van der Waals surface area contributed by atoms with Crippen LogP contribution in [0, 0.1) is 0 Å². The maximum atomic E-state index is 6.30. The lowest BCUT2D eigenvalue weighted by Gasteiger charge is -2.25. The summed E-state index contributed by atoms with van der Waals surface area (Å²) in [5, 5.41) is 3.30. The average molecular weight is 325 g/mol. The standard InChI is InChI=1S/C16H25ClN2OSi/c1-16(17)8-5-6-15(18-16)14-7-9-19(12-14)13-20-10-11-21(2,3)4/h5-9,12,18H,10-11,13H2,1-4H3. The lowest BCUT2D eigenvalue weighted by atomic mass is 10.1. The molecule has 3 nitrogen and oxygen atoms in total.